The van der Waals surface area contributed by atoms with Gasteiger partial charge >= 0.3 is 0 Å². The predicted molar refractivity (Wildman–Crippen MR) is 176 cm³/mol. The molecule has 0 bridgehead atoms. The van der Waals surface area contributed by atoms with E-state index in [2.05, 4.69) is 92.1 Å². The maximum Gasteiger partial charge on any atom is 0.0679 e. The molecule has 5 heterocycles. The minimum absolute atomic E-state index is 0.101. The molecule has 42 heavy (non-hydrogen) atoms. The molecule has 5 aliphatic rings. The molecule has 7 heteroatoms. The van der Waals surface area contributed by atoms with Gasteiger partial charge in [-0.1, -0.05) is 0 Å². The van der Waals surface area contributed by atoms with Crippen LogP contribution in [-0.2, 0) is 0 Å². The van der Waals surface area contributed by atoms with Crippen molar-refractivity contribution in [1.82, 2.24) is 29.8 Å². The lowest BCUT2D eigenvalue weighted by atomic mass is 9.67. The standard InChI is InChI=1S/C35H68N6O/c1-27-22-40(32(2,3)4)23-28(36-27)20-30-21-35(25-41(26-35)33(5,6)7)14-19-37(30)18-13-34(8,9)39-16-10-29(11-17-39)38-15-12-31(42)24-38/h27-31,36,42H,10-26H2,1-9H3/t27-,28+,30?,31-/m0/s1. The first-order chi connectivity index (χ1) is 19.5. The second-order valence-electron chi connectivity index (χ2n) is 18.0. The van der Waals surface area contributed by atoms with Crippen LogP contribution < -0.4 is 5.32 Å². The first kappa shape index (κ1) is 33.1. The van der Waals surface area contributed by atoms with Crippen LogP contribution in [0.5, 0.6) is 0 Å². The number of nitrogens with zero attached hydrogens (tertiary/aromatic N) is 5. The van der Waals surface area contributed by atoms with Crippen LogP contribution in [0.3, 0.4) is 0 Å². The quantitative estimate of drug-likeness (QED) is 0.465. The summed E-state index contributed by atoms with van der Waals surface area (Å²) in [6, 6.07) is 2.48. The molecular formula is C35H68N6O. The Morgan fingerprint density at radius 1 is 0.786 bits per heavy atom. The molecule has 0 aliphatic carbocycles. The largest absolute Gasteiger partial charge is 0.392 e. The highest BCUT2D eigenvalue weighted by molar-refractivity contribution is 5.06. The van der Waals surface area contributed by atoms with Crippen LogP contribution in [0.15, 0.2) is 0 Å². The van der Waals surface area contributed by atoms with Gasteiger partial charge in [0, 0.05) is 99.7 Å². The van der Waals surface area contributed by atoms with E-state index in [1.807, 2.05) is 0 Å². The van der Waals surface area contributed by atoms with Gasteiger partial charge in [0.1, 0.15) is 0 Å². The van der Waals surface area contributed by atoms with Gasteiger partial charge < -0.3 is 15.3 Å². The molecule has 0 aromatic rings. The molecule has 244 valence electrons. The lowest BCUT2D eigenvalue weighted by Gasteiger charge is -2.60. The maximum atomic E-state index is 10.0. The van der Waals surface area contributed by atoms with Crippen molar-refractivity contribution in [3.63, 3.8) is 0 Å². The van der Waals surface area contributed by atoms with E-state index >= 15 is 0 Å². The van der Waals surface area contributed by atoms with E-state index < -0.39 is 0 Å². The number of aliphatic hydroxyl groups is 1. The Morgan fingerprint density at radius 2 is 1.45 bits per heavy atom. The number of aliphatic hydroxyl groups excluding tert-OH is 1. The molecule has 0 aromatic heterocycles. The molecule has 1 spiro atoms. The molecule has 2 N–H and O–H groups in total. The third kappa shape index (κ3) is 7.74. The van der Waals surface area contributed by atoms with E-state index in [-0.39, 0.29) is 22.7 Å². The summed E-state index contributed by atoms with van der Waals surface area (Å²) in [5, 5.41) is 14.1. The highest BCUT2D eigenvalue weighted by atomic mass is 16.3. The van der Waals surface area contributed by atoms with E-state index in [1.165, 1.54) is 84.3 Å². The number of β-amino-alcohol motifs (C(OH)–C–C–N with tert-alkyl or cyclic N) is 1. The first-order valence-corrected chi connectivity index (χ1v) is 17.7. The van der Waals surface area contributed by atoms with Crippen molar-refractivity contribution in [3.05, 3.63) is 0 Å². The van der Waals surface area contributed by atoms with Crippen molar-refractivity contribution in [1.29, 1.82) is 0 Å². The fourth-order valence-corrected chi connectivity index (χ4v) is 9.06. The third-order valence-electron chi connectivity index (χ3n) is 12.1. The fourth-order valence-electron chi connectivity index (χ4n) is 9.06. The van der Waals surface area contributed by atoms with E-state index in [0.717, 1.165) is 26.1 Å². The molecule has 0 saturated carbocycles. The van der Waals surface area contributed by atoms with E-state index in [1.54, 1.807) is 0 Å². The Balaban J connectivity index is 1.20. The second-order valence-corrected chi connectivity index (χ2v) is 18.0. The van der Waals surface area contributed by atoms with Crippen molar-refractivity contribution in [2.24, 2.45) is 5.41 Å². The summed E-state index contributed by atoms with van der Waals surface area (Å²) >= 11 is 0. The average molecular weight is 589 g/mol. The normalized spacial score (nSPS) is 33.9. The summed E-state index contributed by atoms with van der Waals surface area (Å²) in [7, 11) is 0. The number of nitrogens with one attached hydrogen (secondary N) is 1. The molecule has 5 fully saturated rings. The van der Waals surface area contributed by atoms with Crippen LogP contribution in [0.25, 0.3) is 0 Å². The van der Waals surface area contributed by atoms with Crippen molar-refractivity contribution < 1.29 is 5.11 Å². The zero-order chi connectivity index (χ0) is 30.5. The SMILES string of the molecule is C[C@H]1CN(C(C)(C)C)C[C@@H](CC2CC3(CCN2CCC(C)(C)N2CCC(N4CC[C@H](O)C4)CC2)CN(C(C)(C)C)C3)N1. The molecule has 0 radical (unpaired) electrons. The summed E-state index contributed by atoms with van der Waals surface area (Å²) in [5.74, 6) is 0. The van der Waals surface area contributed by atoms with Gasteiger partial charge in [0.15, 0.2) is 0 Å². The monoisotopic (exact) mass is 589 g/mol. The van der Waals surface area contributed by atoms with Crippen LogP contribution in [0.4, 0.5) is 0 Å². The van der Waals surface area contributed by atoms with Gasteiger partial charge in [0.05, 0.1) is 6.10 Å². The minimum atomic E-state index is -0.101. The van der Waals surface area contributed by atoms with Gasteiger partial charge in [0.25, 0.3) is 0 Å². The predicted octanol–water partition coefficient (Wildman–Crippen LogP) is 4.10. The zero-order valence-electron chi connectivity index (χ0n) is 29.1. The van der Waals surface area contributed by atoms with Crippen LogP contribution in [0.2, 0.25) is 0 Å². The number of piperazine rings is 1. The maximum absolute atomic E-state index is 10.0. The Morgan fingerprint density at radius 3 is 2.05 bits per heavy atom. The van der Waals surface area contributed by atoms with Crippen molar-refractivity contribution in [2.45, 2.75) is 154 Å². The Kier molecular flexibility index (Phi) is 9.84. The summed E-state index contributed by atoms with van der Waals surface area (Å²) in [6.07, 6.45) is 8.64. The highest BCUT2D eigenvalue weighted by Gasteiger charge is 2.51. The Hall–Kier alpha value is -0.280. The number of hydrogen-bond donors (Lipinski definition) is 2. The third-order valence-corrected chi connectivity index (χ3v) is 12.1. The average Bonchev–Trinajstić information content (AvgIpc) is 3.31. The van der Waals surface area contributed by atoms with Gasteiger partial charge in [-0.3, -0.25) is 19.6 Å². The molecule has 1 unspecified atom stereocenters. The summed E-state index contributed by atoms with van der Waals surface area (Å²) in [5.41, 5.74) is 1.28. The van der Waals surface area contributed by atoms with Crippen molar-refractivity contribution in [2.75, 3.05) is 65.4 Å². The fraction of sp³-hybridized carbons (Fsp3) is 1.00. The lowest BCUT2D eigenvalue weighted by molar-refractivity contribution is -0.108. The zero-order valence-corrected chi connectivity index (χ0v) is 29.1. The first-order valence-electron chi connectivity index (χ1n) is 17.7. The van der Waals surface area contributed by atoms with Crippen LogP contribution in [-0.4, -0.2) is 142 Å². The van der Waals surface area contributed by atoms with Gasteiger partial charge in [-0.15, -0.1) is 0 Å². The molecule has 4 atom stereocenters. The van der Waals surface area contributed by atoms with Gasteiger partial charge in [0.2, 0.25) is 0 Å². The molecule has 5 saturated heterocycles. The second kappa shape index (κ2) is 12.5. The molecular weight excluding hydrogens is 520 g/mol. The van der Waals surface area contributed by atoms with E-state index in [0.29, 0.717) is 29.6 Å². The summed E-state index contributed by atoms with van der Waals surface area (Å²) < 4.78 is 0. The number of rotatable bonds is 7. The summed E-state index contributed by atoms with van der Waals surface area (Å²) in [6.45, 7) is 33.5. The van der Waals surface area contributed by atoms with Crippen molar-refractivity contribution in [3.8, 4) is 0 Å². The van der Waals surface area contributed by atoms with Crippen molar-refractivity contribution >= 4 is 0 Å². The minimum Gasteiger partial charge on any atom is -0.392 e. The summed E-state index contributed by atoms with van der Waals surface area (Å²) in [4.78, 5) is 13.7. The van der Waals surface area contributed by atoms with Gasteiger partial charge in [-0.25, -0.2) is 0 Å². The van der Waals surface area contributed by atoms with Crippen LogP contribution in [0.1, 0.15) is 107 Å². The Bertz CT molecular complexity index is 881. The number of piperidine rings is 2. The molecule has 5 rings (SSSR count). The van der Waals surface area contributed by atoms with Gasteiger partial charge in [-0.05, 0) is 119 Å². The van der Waals surface area contributed by atoms with Gasteiger partial charge in [-0.2, -0.15) is 0 Å². The molecule has 0 amide bonds. The molecule has 7 nitrogen and oxygen atoms in total. The van der Waals surface area contributed by atoms with Crippen LogP contribution in [0, 0.1) is 5.41 Å². The van der Waals surface area contributed by atoms with E-state index in [9.17, 15) is 5.11 Å². The Labute approximate surface area is 259 Å². The molecule has 0 aromatic carbocycles. The molecule has 5 aliphatic heterocycles. The topological polar surface area (TPSA) is 48.5 Å². The van der Waals surface area contributed by atoms with E-state index in [4.69, 9.17) is 0 Å². The number of hydrogen-bond acceptors (Lipinski definition) is 7. The van der Waals surface area contributed by atoms with Crippen LogP contribution >= 0.6 is 0 Å². The highest BCUT2D eigenvalue weighted by Crippen LogP contribution is 2.46. The number of likely N-dealkylation sites (tertiary alicyclic amines) is 4. The lowest BCUT2D eigenvalue weighted by Crippen LogP contribution is -2.67. The smallest absolute Gasteiger partial charge is 0.0679 e.